The number of nitrogens with zero attached hydrogens (tertiary/aromatic N) is 2. The molecule has 11 heavy (non-hydrogen) atoms. The first-order valence-corrected chi connectivity index (χ1v) is 3.57. The molecule has 0 aromatic carbocycles. The van der Waals surface area contributed by atoms with Gasteiger partial charge in [0.2, 0.25) is 5.91 Å². The molecule has 0 heterocycles. The molecule has 0 rings (SSSR count). The van der Waals surface area contributed by atoms with E-state index in [1.807, 2.05) is 19.0 Å². The van der Waals surface area contributed by atoms with Gasteiger partial charge in [-0.3, -0.25) is 4.79 Å². The average molecular weight is 160 g/mol. The maximum Gasteiger partial charge on any atom is 0.248 e. The van der Waals surface area contributed by atoms with Crippen molar-refractivity contribution in [2.45, 2.75) is 0 Å². The zero-order valence-electron chi connectivity index (χ0n) is 7.37. The van der Waals surface area contributed by atoms with Gasteiger partial charge in [-0.15, -0.1) is 0 Å². The highest BCUT2D eigenvalue weighted by Gasteiger charge is 2.05. The highest BCUT2D eigenvalue weighted by molar-refractivity contribution is 5.76. The number of amides is 1. The van der Waals surface area contributed by atoms with Gasteiger partial charge in [0, 0.05) is 20.1 Å². The largest absolute Gasteiger partial charge is 0.387 e. The van der Waals surface area contributed by atoms with Gasteiger partial charge in [-0.2, -0.15) is 0 Å². The van der Waals surface area contributed by atoms with E-state index in [1.165, 1.54) is 4.90 Å². The maximum atomic E-state index is 10.8. The van der Waals surface area contributed by atoms with Crippen LogP contribution in [0, 0.1) is 0 Å². The lowest BCUT2D eigenvalue weighted by atomic mass is 10.5. The van der Waals surface area contributed by atoms with E-state index in [0.29, 0.717) is 6.54 Å². The zero-order chi connectivity index (χ0) is 8.85. The lowest BCUT2D eigenvalue weighted by Gasteiger charge is -2.18. The molecule has 0 spiro atoms. The second kappa shape index (κ2) is 5.09. The van der Waals surface area contributed by atoms with E-state index in [2.05, 4.69) is 0 Å². The molecule has 4 heteroatoms. The minimum Gasteiger partial charge on any atom is -0.387 e. The molecule has 0 aromatic heterocycles. The Morgan fingerprint density at radius 3 is 2.18 bits per heavy atom. The van der Waals surface area contributed by atoms with Gasteiger partial charge in [0.1, 0.15) is 6.61 Å². The molecule has 0 radical (unpaired) electrons. The number of aliphatic hydroxyl groups is 1. The van der Waals surface area contributed by atoms with Gasteiger partial charge in [-0.05, 0) is 14.1 Å². The third-order valence-electron chi connectivity index (χ3n) is 1.44. The third kappa shape index (κ3) is 4.75. The van der Waals surface area contributed by atoms with Crippen molar-refractivity contribution in [2.24, 2.45) is 0 Å². The van der Waals surface area contributed by atoms with Crippen LogP contribution in [-0.2, 0) is 4.79 Å². The fraction of sp³-hybridized carbons (Fsp3) is 0.857. The van der Waals surface area contributed by atoms with E-state index < -0.39 is 6.61 Å². The highest BCUT2D eigenvalue weighted by atomic mass is 16.3. The third-order valence-corrected chi connectivity index (χ3v) is 1.44. The summed E-state index contributed by atoms with van der Waals surface area (Å²) in [6.45, 7) is 1.08. The molecular weight excluding hydrogens is 144 g/mol. The second-order valence-corrected chi connectivity index (χ2v) is 2.78. The van der Waals surface area contributed by atoms with Crippen LogP contribution in [-0.4, -0.2) is 61.7 Å². The average Bonchev–Trinajstić information content (AvgIpc) is 1.98. The SMILES string of the molecule is CN(C)CCN(C)C(=O)CO. The van der Waals surface area contributed by atoms with Gasteiger partial charge in [0.25, 0.3) is 0 Å². The Morgan fingerprint density at radius 2 is 1.82 bits per heavy atom. The summed E-state index contributed by atoms with van der Waals surface area (Å²) < 4.78 is 0. The van der Waals surface area contributed by atoms with E-state index in [9.17, 15) is 4.79 Å². The summed E-state index contributed by atoms with van der Waals surface area (Å²) in [5.74, 6) is -0.230. The zero-order valence-corrected chi connectivity index (χ0v) is 7.37. The molecule has 0 saturated heterocycles. The number of hydrogen-bond acceptors (Lipinski definition) is 3. The lowest BCUT2D eigenvalue weighted by molar-refractivity contribution is -0.132. The summed E-state index contributed by atoms with van der Waals surface area (Å²) in [4.78, 5) is 14.3. The first kappa shape index (κ1) is 10.4. The van der Waals surface area contributed by atoms with Gasteiger partial charge in [-0.1, -0.05) is 0 Å². The van der Waals surface area contributed by atoms with E-state index in [4.69, 9.17) is 5.11 Å². The fourth-order valence-corrected chi connectivity index (χ4v) is 0.595. The summed E-state index contributed by atoms with van der Waals surface area (Å²) >= 11 is 0. The fourth-order valence-electron chi connectivity index (χ4n) is 0.595. The molecule has 0 aromatic rings. The molecule has 66 valence electrons. The molecule has 4 nitrogen and oxygen atoms in total. The summed E-state index contributed by atoms with van der Waals surface area (Å²) in [5, 5.41) is 8.47. The molecule has 0 saturated carbocycles. The van der Waals surface area contributed by atoms with Gasteiger partial charge in [0.15, 0.2) is 0 Å². The topological polar surface area (TPSA) is 43.8 Å². The Labute approximate surface area is 67.4 Å². The molecule has 0 aliphatic rings. The molecule has 0 atom stereocenters. The minimum absolute atomic E-state index is 0.230. The summed E-state index contributed by atoms with van der Waals surface area (Å²) in [6, 6.07) is 0. The lowest BCUT2D eigenvalue weighted by Crippen LogP contribution is -2.35. The van der Waals surface area contributed by atoms with Crippen LogP contribution in [0.25, 0.3) is 0 Å². The van der Waals surface area contributed by atoms with Crippen LogP contribution in [0.15, 0.2) is 0 Å². The van der Waals surface area contributed by atoms with Crippen molar-refractivity contribution in [1.29, 1.82) is 0 Å². The summed E-state index contributed by atoms with van der Waals surface area (Å²) in [6.07, 6.45) is 0. The quantitative estimate of drug-likeness (QED) is 0.573. The monoisotopic (exact) mass is 160 g/mol. The van der Waals surface area contributed by atoms with Crippen molar-refractivity contribution in [3.8, 4) is 0 Å². The molecule has 0 fully saturated rings. The number of carbonyl (C=O) groups is 1. The summed E-state index contributed by atoms with van der Waals surface area (Å²) in [7, 11) is 5.57. The molecule has 0 unspecified atom stereocenters. The van der Waals surface area contributed by atoms with Crippen molar-refractivity contribution in [3.63, 3.8) is 0 Å². The Bertz CT molecular complexity index is 126. The molecule has 1 N–H and O–H groups in total. The number of carbonyl (C=O) groups excluding carboxylic acids is 1. The number of rotatable bonds is 4. The van der Waals surface area contributed by atoms with Crippen LogP contribution in [0.1, 0.15) is 0 Å². The Kier molecular flexibility index (Phi) is 4.81. The number of aliphatic hydroxyl groups excluding tert-OH is 1. The smallest absolute Gasteiger partial charge is 0.248 e. The van der Waals surface area contributed by atoms with Crippen molar-refractivity contribution in [3.05, 3.63) is 0 Å². The Hall–Kier alpha value is -0.610. The van der Waals surface area contributed by atoms with Gasteiger partial charge in [0.05, 0.1) is 0 Å². The van der Waals surface area contributed by atoms with E-state index in [-0.39, 0.29) is 5.91 Å². The molecule has 1 amide bonds. The highest BCUT2D eigenvalue weighted by Crippen LogP contribution is 1.84. The van der Waals surface area contributed by atoms with Gasteiger partial charge >= 0.3 is 0 Å². The standard InChI is InChI=1S/C7H16N2O2/c1-8(2)4-5-9(3)7(11)6-10/h10H,4-6H2,1-3H3. The first-order valence-electron chi connectivity index (χ1n) is 3.57. The normalized spacial score (nSPS) is 10.3. The van der Waals surface area contributed by atoms with E-state index in [0.717, 1.165) is 6.54 Å². The molecule has 0 aliphatic heterocycles. The van der Waals surface area contributed by atoms with Crippen LogP contribution >= 0.6 is 0 Å². The second-order valence-electron chi connectivity index (χ2n) is 2.78. The summed E-state index contributed by atoms with van der Waals surface area (Å²) in [5.41, 5.74) is 0. The molecule has 0 bridgehead atoms. The number of hydrogen-bond donors (Lipinski definition) is 1. The van der Waals surface area contributed by atoms with E-state index >= 15 is 0 Å². The predicted octanol–water partition coefficient (Wildman–Crippen LogP) is -1.00. The number of likely N-dealkylation sites (N-methyl/N-ethyl adjacent to an activating group) is 2. The minimum atomic E-state index is -0.399. The predicted molar refractivity (Wildman–Crippen MR) is 43.3 cm³/mol. The van der Waals surface area contributed by atoms with Crippen molar-refractivity contribution < 1.29 is 9.90 Å². The first-order chi connectivity index (χ1) is 5.07. The van der Waals surface area contributed by atoms with Crippen LogP contribution in [0.2, 0.25) is 0 Å². The van der Waals surface area contributed by atoms with Crippen LogP contribution in [0.5, 0.6) is 0 Å². The Balaban J connectivity index is 3.52. The van der Waals surface area contributed by atoms with Gasteiger partial charge in [-0.25, -0.2) is 0 Å². The molecule has 0 aliphatic carbocycles. The van der Waals surface area contributed by atoms with Crippen molar-refractivity contribution in [2.75, 3.05) is 40.8 Å². The van der Waals surface area contributed by atoms with Crippen LogP contribution < -0.4 is 0 Å². The van der Waals surface area contributed by atoms with E-state index in [1.54, 1.807) is 7.05 Å². The van der Waals surface area contributed by atoms with Crippen LogP contribution in [0.4, 0.5) is 0 Å². The molecular formula is C7H16N2O2. The van der Waals surface area contributed by atoms with Crippen LogP contribution in [0.3, 0.4) is 0 Å². The maximum absolute atomic E-state index is 10.8. The Morgan fingerprint density at radius 1 is 1.27 bits per heavy atom. The van der Waals surface area contributed by atoms with Crippen molar-refractivity contribution in [1.82, 2.24) is 9.80 Å². The van der Waals surface area contributed by atoms with Gasteiger partial charge < -0.3 is 14.9 Å². The van der Waals surface area contributed by atoms with Crippen molar-refractivity contribution >= 4 is 5.91 Å².